The molecule has 268 valence electrons. The van der Waals surface area contributed by atoms with E-state index in [0.29, 0.717) is 0 Å². The summed E-state index contributed by atoms with van der Waals surface area (Å²) < 4.78 is 37.4. The second-order valence-electron chi connectivity index (χ2n) is 11.2. The minimum absolute atomic E-state index is 0.839. The Morgan fingerprint density at radius 2 is 0.913 bits per heavy atom. The zero-order valence-electron chi connectivity index (χ0n) is 23.7. The maximum Gasteiger partial charge on any atom is 0.335 e. The van der Waals surface area contributed by atoms with Crippen LogP contribution in [0, 0.1) is 0 Å². The third-order valence-corrected chi connectivity index (χ3v) is 8.17. The first-order valence-electron chi connectivity index (χ1n) is 14.1. The van der Waals surface area contributed by atoms with E-state index < -0.39 is 149 Å². The van der Waals surface area contributed by atoms with Crippen molar-refractivity contribution < 1.29 is 109 Å². The number of aliphatic hydroxyl groups is 13. The van der Waals surface area contributed by atoms with Gasteiger partial charge in [0.05, 0.1) is 19.8 Å². The van der Waals surface area contributed by atoms with Gasteiger partial charge in [-0.05, 0) is 0 Å². The van der Waals surface area contributed by atoms with E-state index in [0.717, 1.165) is 0 Å². The SMILES string of the molecule is O=C(O)[C@H]1O[C@H](O[C@@H]2[C@H](O)[C@@H](O[C@@H]3[C@@H](O[C@@H]4[C@@H](O)[C@H](O)O[C@H](CO)[C@@H]4O)O[C@H](CO)[C@@H](O)[C@@H]3O)O[C@H](CO)[C@H]2O)[C@H](O)[C@@H](O)[C@@H]1O. The molecule has 0 aromatic carbocycles. The van der Waals surface area contributed by atoms with Crippen molar-refractivity contribution in [2.45, 2.75) is 123 Å². The number of rotatable bonds is 10. The fourth-order valence-electron chi connectivity index (χ4n) is 5.49. The molecular formula is C24H40O22. The number of aliphatic hydroxyl groups excluding tert-OH is 13. The van der Waals surface area contributed by atoms with E-state index in [1.807, 2.05) is 0 Å². The molecule has 0 aromatic heterocycles. The summed E-state index contributed by atoms with van der Waals surface area (Å²) in [5.74, 6) is -1.76. The molecule has 4 aliphatic rings. The Bertz CT molecular complexity index is 992. The Balaban J connectivity index is 1.58. The van der Waals surface area contributed by atoms with Crippen LogP contribution >= 0.6 is 0 Å². The summed E-state index contributed by atoms with van der Waals surface area (Å²) in [6.45, 7) is -2.71. The van der Waals surface area contributed by atoms with Gasteiger partial charge in [-0.3, -0.25) is 0 Å². The van der Waals surface area contributed by atoms with Gasteiger partial charge in [-0.1, -0.05) is 0 Å². The van der Waals surface area contributed by atoms with E-state index in [2.05, 4.69) is 0 Å². The van der Waals surface area contributed by atoms with Crippen LogP contribution < -0.4 is 0 Å². The van der Waals surface area contributed by atoms with Crippen LogP contribution in [0.25, 0.3) is 0 Å². The van der Waals surface area contributed by atoms with E-state index in [9.17, 15) is 76.3 Å². The first kappa shape index (κ1) is 37.5. The number of ether oxygens (including phenoxy) is 7. The predicted octanol–water partition coefficient (Wildman–Crippen LogP) is -9.66. The second kappa shape index (κ2) is 15.5. The van der Waals surface area contributed by atoms with Gasteiger partial charge in [0.2, 0.25) is 0 Å². The van der Waals surface area contributed by atoms with E-state index in [4.69, 9.17) is 33.2 Å². The molecule has 0 unspecified atom stereocenters. The first-order chi connectivity index (χ1) is 21.7. The molecule has 4 aliphatic heterocycles. The van der Waals surface area contributed by atoms with Gasteiger partial charge >= 0.3 is 5.97 Å². The van der Waals surface area contributed by atoms with Gasteiger partial charge in [0.15, 0.2) is 31.3 Å². The highest BCUT2D eigenvalue weighted by molar-refractivity contribution is 5.73. The lowest BCUT2D eigenvalue weighted by atomic mass is 9.95. The van der Waals surface area contributed by atoms with Gasteiger partial charge in [0.1, 0.15) is 91.6 Å². The topological polar surface area (TPSA) is 365 Å². The molecule has 0 amide bonds. The van der Waals surface area contributed by atoms with Crippen molar-refractivity contribution in [3.63, 3.8) is 0 Å². The minimum atomic E-state index is -2.17. The number of carboxylic acids is 1. The monoisotopic (exact) mass is 680 g/mol. The summed E-state index contributed by atoms with van der Waals surface area (Å²) in [4.78, 5) is 11.5. The van der Waals surface area contributed by atoms with Crippen LogP contribution in [0.15, 0.2) is 0 Å². The predicted molar refractivity (Wildman–Crippen MR) is 134 cm³/mol. The fourth-order valence-corrected chi connectivity index (χ4v) is 5.49. The number of hydrogen-bond acceptors (Lipinski definition) is 21. The Hall–Kier alpha value is -1.33. The Labute approximate surface area is 258 Å². The maximum absolute atomic E-state index is 11.5. The van der Waals surface area contributed by atoms with Crippen LogP contribution in [0.5, 0.6) is 0 Å². The van der Waals surface area contributed by atoms with Gasteiger partial charge in [-0.25, -0.2) is 4.79 Å². The molecular weight excluding hydrogens is 640 g/mol. The average molecular weight is 681 g/mol. The summed E-state index contributed by atoms with van der Waals surface area (Å²) >= 11 is 0. The molecule has 46 heavy (non-hydrogen) atoms. The molecule has 4 saturated heterocycles. The van der Waals surface area contributed by atoms with Crippen molar-refractivity contribution in [1.29, 1.82) is 0 Å². The number of aliphatic carboxylic acids is 1. The van der Waals surface area contributed by atoms with Crippen LogP contribution in [-0.2, 0) is 38.0 Å². The first-order valence-corrected chi connectivity index (χ1v) is 14.1. The van der Waals surface area contributed by atoms with Gasteiger partial charge in [-0.2, -0.15) is 0 Å². The summed E-state index contributed by atoms with van der Waals surface area (Å²) in [6.07, 6.45) is -38.8. The summed E-state index contributed by atoms with van der Waals surface area (Å²) in [7, 11) is 0. The van der Waals surface area contributed by atoms with Gasteiger partial charge < -0.3 is 105 Å². The molecule has 20 atom stereocenters. The van der Waals surface area contributed by atoms with Crippen molar-refractivity contribution in [2.75, 3.05) is 19.8 Å². The number of hydrogen-bond donors (Lipinski definition) is 14. The van der Waals surface area contributed by atoms with E-state index >= 15 is 0 Å². The smallest absolute Gasteiger partial charge is 0.335 e. The second-order valence-corrected chi connectivity index (χ2v) is 11.2. The third-order valence-electron chi connectivity index (χ3n) is 8.17. The van der Waals surface area contributed by atoms with Gasteiger partial charge in [-0.15, -0.1) is 0 Å². The molecule has 4 heterocycles. The zero-order valence-corrected chi connectivity index (χ0v) is 23.7. The fraction of sp³-hybridized carbons (Fsp3) is 0.958. The van der Waals surface area contributed by atoms with Crippen molar-refractivity contribution in [2.24, 2.45) is 0 Å². The molecule has 0 bridgehead atoms. The molecule has 14 N–H and O–H groups in total. The van der Waals surface area contributed by atoms with E-state index in [1.165, 1.54) is 0 Å². The number of carbonyl (C=O) groups is 1. The highest BCUT2D eigenvalue weighted by Crippen LogP contribution is 2.34. The molecule has 4 fully saturated rings. The molecule has 0 spiro atoms. The standard InChI is InChI=1S/C24H40O22/c25-1-4-7(28)11(32)19(24(42-4)44-16-8(29)5(2-26)40-21(39)14(16)35)46-23-15(36)17(9(30)6(3-27)41-23)43-22-13(34)10(31)12(33)18(45-22)20(37)38/h4-19,21-36,39H,1-3H2,(H,37,38)/t4-,5-,6-,7-,8+,9-,10+,11+,12+,13-,14-,15+,16+,17+,18+,19+,21-,22+,23-,24-/m1/s1. The van der Waals surface area contributed by atoms with Crippen LogP contribution in [0.2, 0.25) is 0 Å². The van der Waals surface area contributed by atoms with Gasteiger partial charge in [0, 0.05) is 0 Å². The summed E-state index contributed by atoms with van der Waals surface area (Å²) in [5.41, 5.74) is 0. The lowest BCUT2D eigenvalue weighted by Gasteiger charge is -2.49. The maximum atomic E-state index is 11.5. The van der Waals surface area contributed by atoms with Crippen molar-refractivity contribution >= 4 is 5.97 Å². The van der Waals surface area contributed by atoms with E-state index in [-0.39, 0.29) is 0 Å². The minimum Gasteiger partial charge on any atom is -0.479 e. The lowest BCUT2D eigenvalue weighted by molar-refractivity contribution is -0.396. The Kier molecular flexibility index (Phi) is 12.6. The third kappa shape index (κ3) is 7.31. The largest absolute Gasteiger partial charge is 0.479 e. The molecule has 4 rings (SSSR count). The van der Waals surface area contributed by atoms with Crippen molar-refractivity contribution in [3.8, 4) is 0 Å². The Morgan fingerprint density at radius 1 is 0.457 bits per heavy atom. The molecule has 0 aliphatic carbocycles. The van der Waals surface area contributed by atoms with E-state index in [1.54, 1.807) is 0 Å². The zero-order chi connectivity index (χ0) is 34.2. The van der Waals surface area contributed by atoms with Crippen molar-refractivity contribution in [1.82, 2.24) is 0 Å². The summed E-state index contributed by atoms with van der Waals surface area (Å²) in [5, 5.41) is 143. The molecule has 0 radical (unpaired) electrons. The highest BCUT2D eigenvalue weighted by Gasteiger charge is 2.56. The van der Waals surface area contributed by atoms with Crippen LogP contribution in [-0.4, -0.2) is 220 Å². The molecule has 22 nitrogen and oxygen atoms in total. The molecule has 0 aromatic rings. The average Bonchev–Trinajstić information content (AvgIpc) is 3.02. The number of carboxylic acid groups (broad SMARTS) is 1. The molecule has 22 heteroatoms. The van der Waals surface area contributed by atoms with Gasteiger partial charge in [0.25, 0.3) is 0 Å². The normalized spacial score (nSPS) is 51.9. The quantitative estimate of drug-likeness (QED) is 0.102. The molecule has 0 saturated carbocycles. The van der Waals surface area contributed by atoms with Crippen molar-refractivity contribution in [3.05, 3.63) is 0 Å². The lowest BCUT2D eigenvalue weighted by Crippen LogP contribution is -2.68. The van der Waals surface area contributed by atoms with Crippen LogP contribution in [0.4, 0.5) is 0 Å². The summed E-state index contributed by atoms with van der Waals surface area (Å²) in [6, 6.07) is 0. The van der Waals surface area contributed by atoms with Crippen LogP contribution in [0.3, 0.4) is 0 Å². The highest BCUT2D eigenvalue weighted by atomic mass is 16.8. The van der Waals surface area contributed by atoms with Crippen LogP contribution in [0.1, 0.15) is 0 Å². The Morgan fingerprint density at radius 3 is 1.48 bits per heavy atom.